The molecule has 31 heavy (non-hydrogen) atoms. The topological polar surface area (TPSA) is 42.0 Å². The van der Waals surface area contributed by atoms with E-state index in [4.69, 9.17) is 9.47 Å². The van der Waals surface area contributed by atoms with Crippen LogP contribution in [0.1, 0.15) is 21.5 Å². The zero-order valence-electron chi connectivity index (χ0n) is 18.1. The fourth-order valence-corrected chi connectivity index (χ4v) is 3.85. The first kappa shape index (κ1) is 20.8. The quantitative estimate of drug-likeness (QED) is 0.591. The molecule has 0 bridgehead atoms. The van der Waals surface area contributed by atoms with E-state index in [1.54, 1.807) is 7.11 Å². The summed E-state index contributed by atoms with van der Waals surface area (Å²) in [6.07, 6.45) is 0. The maximum atomic E-state index is 13.0. The molecule has 0 unspecified atom stereocenters. The standard InChI is InChI=1S/C26H28N2O3/c1-20-6-3-7-21(16-20)19-31-25-11-4-8-22(17-25)26(29)28-14-12-27(13-15-28)23-9-5-10-24(18-23)30-2/h3-11,16-18H,12-15,19H2,1-2H3. The molecule has 160 valence electrons. The van der Waals surface area contributed by atoms with Gasteiger partial charge >= 0.3 is 0 Å². The van der Waals surface area contributed by atoms with E-state index in [0.717, 1.165) is 30.1 Å². The lowest BCUT2D eigenvalue weighted by atomic mass is 10.1. The van der Waals surface area contributed by atoms with E-state index in [9.17, 15) is 4.79 Å². The number of aryl methyl sites for hydroxylation is 1. The highest BCUT2D eigenvalue weighted by molar-refractivity contribution is 5.94. The Morgan fingerprint density at radius 2 is 1.61 bits per heavy atom. The molecule has 0 saturated carbocycles. The summed E-state index contributed by atoms with van der Waals surface area (Å²) in [5.74, 6) is 1.60. The second-order valence-corrected chi connectivity index (χ2v) is 7.79. The Hall–Kier alpha value is -3.47. The number of hydrogen-bond donors (Lipinski definition) is 0. The molecular formula is C26H28N2O3. The van der Waals surface area contributed by atoms with Crippen LogP contribution in [0.2, 0.25) is 0 Å². The predicted molar refractivity (Wildman–Crippen MR) is 123 cm³/mol. The lowest BCUT2D eigenvalue weighted by Crippen LogP contribution is -2.48. The minimum absolute atomic E-state index is 0.0475. The first-order valence-electron chi connectivity index (χ1n) is 10.6. The van der Waals surface area contributed by atoms with Gasteiger partial charge in [0.15, 0.2) is 0 Å². The van der Waals surface area contributed by atoms with Crippen molar-refractivity contribution in [1.29, 1.82) is 0 Å². The molecule has 5 nitrogen and oxygen atoms in total. The molecule has 1 aliphatic heterocycles. The molecule has 1 aliphatic rings. The van der Waals surface area contributed by atoms with Gasteiger partial charge in [-0.25, -0.2) is 0 Å². The number of nitrogens with zero attached hydrogens (tertiary/aromatic N) is 2. The van der Waals surface area contributed by atoms with Gasteiger partial charge in [0.25, 0.3) is 5.91 Å². The van der Waals surface area contributed by atoms with Crippen LogP contribution >= 0.6 is 0 Å². The van der Waals surface area contributed by atoms with Crippen LogP contribution in [0.25, 0.3) is 0 Å². The number of amides is 1. The van der Waals surface area contributed by atoms with Gasteiger partial charge in [-0.3, -0.25) is 4.79 Å². The molecule has 1 heterocycles. The lowest BCUT2D eigenvalue weighted by Gasteiger charge is -2.36. The molecule has 1 fully saturated rings. The second kappa shape index (κ2) is 9.56. The van der Waals surface area contributed by atoms with Crippen LogP contribution < -0.4 is 14.4 Å². The summed E-state index contributed by atoms with van der Waals surface area (Å²) in [6, 6.07) is 23.8. The molecule has 0 aliphatic carbocycles. The van der Waals surface area contributed by atoms with Crippen molar-refractivity contribution in [3.8, 4) is 11.5 Å². The normalized spacial score (nSPS) is 13.7. The van der Waals surface area contributed by atoms with Crippen molar-refractivity contribution in [2.75, 3.05) is 38.2 Å². The third kappa shape index (κ3) is 5.18. The monoisotopic (exact) mass is 416 g/mol. The molecule has 1 amide bonds. The van der Waals surface area contributed by atoms with Gasteiger partial charge in [-0.2, -0.15) is 0 Å². The van der Waals surface area contributed by atoms with Gasteiger partial charge < -0.3 is 19.3 Å². The number of benzene rings is 3. The highest BCUT2D eigenvalue weighted by atomic mass is 16.5. The van der Waals surface area contributed by atoms with Crippen LogP contribution in [0.15, 0.2) is 72.8 Å². The molecule has 0 aromatic heterocycles. The fraction of sp³-hybridized carbons (Fsp3) is 0.269. The summed E-state index contributed by atoms with van der Waals surface area (Å²) in [6.45, 7) is 5.51. The molecule has 0 spiro atoms. The number of carbonyl (C=O) groups is 1. The SMILES string of the molecule is COc1cccc(N2CCN(C(=O)c3cccc(OCc4cccc(C)c4)c3)CC2)c1. The van der Waals surface area contributed by atoms with Gasteiger partial charge in [0.05, 0.1) is 7.11 Å². The predicted octanol–water partition coefficient (Wildman–Crippen LogP) is 4.55. The number of ether oxygens (including phenoxy) is 2. The van der Waals surface area contributed by atoms with Crippen LogP contribution in [0.3, 0.4) is 0 Å². The van der Waals surface area contributed by atoms with Gasteiger partial charge in [-0.05, 0) is 42.8 Å². The van der Waals surface area contributed by atoms with Gasteiger partial charge in [0.1, 0.15) is 18.1 Å². The fourth-order valence-electron chi connectivity index (χ4n) is 3.85. The summed E-state index contributed by atoms with van der Waals surface area (Å²) < 4.78 is 11.3. The number of anilines is 1. The largest absolute Gasteiger partial charge is 0.497 e. The van der Waals surface area contributed by atoms with Crippen molar-refractivity contribution >= 4 is 11.6 Å². The molecule has 1 saturated heterocycles. The first-order chi connectivity index (χ1) is 15.1. The van der Waals surface area contributed by atoms with Crippen molar-refractivity contribution < 1.29 is 14.3 Å². The van der Waals surface area contributed by atoms with Crippen molar-refractivity contribution in [2.45, 2.75) is 13.5 Å². The number of hydrogen-bond acceptors (Lipinski definition) is 4. The number of carbonyl (C=O) groups excluding carboxylic acids is 1. The molecule has 0 N–H and O–H groups in total. The summed E-state index contributed by atoms with van der Waals surface area (Å²) in [5, 5.41) is 0. The summed E-state index contributed by atoms with van der Waals surface area (Å²) in [5.41, 5.74) is 4.11. The Morgan fingerprint density at radius 3 is 2.39 bits per heavy atom. The van der Waals surface area contributed by atoms with Crippen molar-refractivity contribution in [3.05, 3.63) is 89.5 Å². The van der Waals surface area contributed by atoms with E-state index in [2.05, 4.69) is 30.0 Å². The maximum Gasteiger partial charge on any atom is 0.254 e. The van der Waals surface area contributed by atoms with E-state index in [0.29, 0.717) is 31.0 Å². The third-order valence-corrected chi connectivity index (χ3v) is 5.55. The maximum absolute atomic E-state index is 13.0. The number of methoxy groups -OCH3 is 1. The Bertz CT molecular complexity index is 1040. The highest BCUT2D eigenvalue weighted by Crippen LogP contribution is 2.23. The summed E-state index contributed by atoms with van der Waals surface area (Å²) >= 11 is 0. The Labute approximate surface area is 183 Å². The van der Waals surface area contributed by atoms with Gasteiger partial charge in [-0.15, -0.1) is 0 Å². The zero-order chi connectivity index (χ0) is 21.6. The third-order valence-electron chi connectivity index (χ3n) is 5.55. The van der Waals surface area contributed by atoms with Gasteiger partial charge in [0.2, 0.25) is 0 Å². The molecular weight excluding hydrogens is 388 g/mol. The van der Waals surface area contributed by atoms with Gasteiger partial charge in [-0.1, -0.05) is 42.0 Å². The van der Waals surface area contributed by atoms with E-state index >= 15 is 0 Å². The molecule has 0 radical (unpaired) electrons. The molecule has 0 atom stereocenters. The minimum Gasteiger partial charge on any atom is -0.497 e. The van der Waals surface area contributed by atoms with E-state index in [1.165, 1.54) is 5.56 Å². The Balaban J connectivity index is 1.36. The average Bonchev–Trinajstić information content (AvgIpc) is 2.83. The smallest absolute Gasteiger partial charge is 0.254 e. The number of piperazine rings is 1. The summed E-state index contributed by atoms with van der Waals surface area (Å²) in [7, 11) is 1.68. The highest BCUT2D eigenvalue weighted by Gasteiger charge is 2.22. The average molecular weight is 417 g/mol. The van der Waals surface area contributed by atoms with E-state index in [1.807, 2.05) is 59.5 Å². The molecule has 3 aromatic carbocycles. The van der Waals surface area contributed by atoms with E-state index < -0.39 is 0 Å². The number of rotatable bonds is 6. The van der Waals surface area contributed by atoms with Crippen LogP contribution in [0.5, 0.6) is 11.5 Å². The molecule has 3 aromatic rings. The first-order valence-corrected chi connectivity index (χ1v) is 10.6. The zero-order valence-corrected chi connectivity index (χ0v) is 18.1. The van der Waals surface area contributed by atoms with Crippen molar-refractivity contribution in [2.24, 2.45) is 0 Å². The Morgan fingerprint density at radius 1 is 0.871 bits per heavy atom. The molecule has 4 rings (SSSR count). The lowest BCUT2D eigenvalue weighted by molar-refractivity contribution is 0.0746. The van der Waals surface area contributed by atoms with E-state index in [-0.39, 0.29) is 5.91 Å². The minimum atomic E-state index is 0.0475. The van der Waals surface area contributed by atoms with Crippen LogP contribution in [0.4, 0.5) is 5.69 Å². The van der Waals surface area contributed by atoms with Crippen LogP contribution in [0, 0.1) is 6.92 Å². The second-order valence-electron chi connectivity index (χ2n) is 7.79. The van der Waals surface area contributed by atoms with Crippen molar-refractivity contribution in [3.63, 3.8) is 0 Å². The molecule has 5 heteroatoms. The van der Waals surface area contributed by atoms with Crippen molar-refractivity contribution in [1.82, 2.24) is 4.90 Å². The van der Waals surface area contributed by atoms with Crippen LogP contribution in [-0.2, 0) is 6.61 Å². The van der Waals surface area contributed by atoms with Gasteiger partial charge in [0, 0.05) is 43.5 Å². The Kier molecular flexibility index (Phi) is 6.41. The van der Waals surface area contributed by atoms with Crippen LogP contribution in [-0.4, -0.2) is 44.1 Å². The summed E-state index contributed by atoms with van der Waals surface area (Å²) in [4.78, 5) is 17.2.